The smallest absolute Gasteiger partial charge is 0.297 e. The van der Waals surface area contributed by atoms with Crippen molar-refractivity contribution in [2.75, 3.05) is 14.1 Å². The van der Waals surface area contributed by atoms with Crippen molar-refractivity contribution in [2.45, 2.75) is 37.8 Å². The molecule has 1 rings (SSSR count). The Labute approximate surface area is 110 Å². The van der Waals surface area contributed by atoms with Crippen molar-refractivity contribution in [1.82, 2.24) is 4.90 Å². The molecule has 0 fully saturated rings. The van der Waals surface area contributed by atoms with Gasteiger partial charge in [0, 0.05) is 6.04 Å². The van der Waals surface area contributed by atoms with Crippen LogP contribution >= 0.6 is 0 Å². The maximum Gasteiger partial charge on any atom is 0.297 e. The molecule has 0 aliphatic carbocycles. The van der Waals surface area contributed by atoms with Crippen molar-refractivity contribution >= 4 is 10.1 Å². The fraction of sp³-hybridized carbons (Fsp3) is 0.538. The summed E-state index contributed by atoms with van der Waals surface area (Å²) in [6.45, 7) is 5.60. The van der Waals surface area contributed by atoms with Crippen LogP contribution in [0.25, 0.3) is 0 Å². The molecule has 0 aliphatic heterocycles. The minimum Gasteiger partial charge on any atom is -0.304 e. The van der Waals surface area contributed by atoms with Gasteiger partial charge in [-0.05, 0) is 47.0 Å². The highest BCUT2D eigenvalue weighted by molar-refractivity contribution is 7.86. The summed E-state index contributed by atoms with van der Waals surface area (Å²) in [5, 5.41) is 0. The van der Waals surface area contributed by atoms with Crippen molar-refractivity contribution < 1.29 is 12.6 Å². The van der Waals surface area contributed by atoms with Gasteiger partial charge in [-0.25, -0.2) is 0 Å². The van der Waals surface area contributed by atoms with E-state index in [4.69, 9.17) is 4.18 Å². The Morgan fingerprint density at radius 2 is 1.61 bits per heavy atom. The van der Waals surface area contributed by atoms with Gasteiger partial charge in [-0.2, -0.15) is 8.42 Å². The molecule has 1 aromatic carbocycles. The average molecular weight is 271 g/mol. The SMILES string of the molecule is Cc1ccc(S(=O)(=O)OC(C)C(C)N(C)C)cc1. The first kappa shape index (κ1) is 15.1. The number of hydrogen-bond donors (Lipinski definition) is 0. The zero-order chi connectivity index (χ0) is 13.9. The second-order valence-corrected chi connectivity index (χ2v) is 6.34. The quantitative estimate of drug-likeness (QED) is 0.769. The Morgan fingerprint density at radius 1 is 1.11 bits per heavy atom. The van der Waals surface area contributed by atoms with Crippen LogP contribution in [0.5, 0.6) is 0 Å². The van der Waals surface area contributed by atoms with Gasteiger partial charge in [-0.15, -0.1) is 0 Å². The molecule has 0 bridgehead atoms. The zero-order valence-electron chi connectivity index (χ0n) is 11.5. The van der Waals surface area contributed by atoms with E-state index in [-0.39, 0.29) is 10.9 Å². The lowest BCUT2D eigenvalue weighted by Gasteiger charge is -2.25. The molecule has 0 radical (unpaired) electrons. The molecule has 2 atom stereocenters. The lowest BCUT2D eigenvalue weighted by atomic mass is 10.2. The molecule has 0 saturated heterocycles. The highest BCUT2D eigenvalue weighted by Crippen LogP contribution is 2.17. The lowest BCUT2D eigenvalue weighted by molar-refractivity contribution is 0.127. The zero-order valence-corrected chi connectivity index (χ0v) is 12.4. The molecule has 102 valence electrons. The van der Waals surface area contributed by atoms with Gasteiger partial charge in [0.25, 0.3) is 10.1 Å². The Kier molecular flexibility index (Phi) is 4.90. The molecule has 0 amide bonds. The van der Waals surface area contributed by atoms with E-state index in [0.717, 1.165) is 5.56 Å². The molecule has 0 aromatic heterocycles. The molecule has 5 heteroatoms. The summed E-state index contributed by atoms with van der Waals surface area (Å²) in [7, 11) is 0.102. The molecule has 1 aromatic rings. The Morgan fingerprint density at radius 3 is 2.06 bits per heavy atom. The summed E-state index contributed by atoms with van der Waals surface area (Å²) in [4.78, 5) is 2.13. The van der Waals surface area contributed by atoms with E-state index in [1.807, 2.05) is 32.8 Å². The molecular formula is C13H21NO3S. The largest absolute Gasteiger partial charge is 0.304 e. The highest BCUT2D eigenvalue weighted by Gasteiger charge is 2.23. The van der Waals surface area contributed by atoms with E-state index >= 15 is 0 Å². The second kappa shape index (κ2) is 5.82. The van der Waals surface area contributed by atoms with E-state index in [0.29, 0.717) is 0 Å². The standard InChI is InChI=1S/C13H21NO3S/c1-10-6-8-13(9-7-10)18(15,16)17-12(3)11(2)14(4)5/h6-9,11-12H,1-5H3. The summed E-state index contributed by atoms with van der Waals surface area (Å²) in [6.07, 6.45) is -0.397. The summed E-state index contributed by atoms with van der Waals surface area (Å²) in [5.41, 5.74) is 1.02. The number of benzene rings is 1. The Bertz CT molecular complexity index is 479. The van der Waals surface area contributed by atoms with Gasteiger partial charge >= 0.3 is 0 Å². The van der Waals surface area contributed by atoms with E-state index in [1.165, 1.54) is 0 Å². The third-order valence-electron chi connectivity index (χ3n) is 3.08. The number of aryl methyl sites for hydroxylation is 1. The number of rotatable bonds is 5. The third kappa shape index (κ3) is 3.80. The van der Waals surface area contributed by atoms with Crippen LogP contribution in [-0.4, -0.2) is 39.6 Å². The third-order valence-corrected chi connectivity index (χ3v) is 4.49. The number of hydrogen-bond acceptors (Lipinski definition) is 4. The first-order valence-corrected chi connectivity index (χ1v) is 7.31. The minimum absolute atomic E-state index is 0.0187. The highest BCUT2D eigenvalue weighted by atomic mass is 32.2. The predicted octanol–water partition coefficient (Wildman–Crippen LogP) is 2.04. The topological polar surface area (TPSA) is 46.6 Å². The van der Waals surface area contributed by atoms with Gasteiger partial charge in [0.05, 0.1) is 11.0 Å². The predicted molar refractivity (Wildman–Crippen MR) is 72.1 cm³/mol. The van der Waals surface area contributed by atoms with Crippen LogP contribution in [0.3, 0.4) is 0 Å². The van der Waals surface area contributed by atoms with Crippen LogP contribution in [0.15, 0.2) is 29.2 Å². The summed E-state index contributed by atoms with van der Waals surface area (Å²) in [5.74, 6) is 0. The van der Waals surface area contributed by atoms with Crippen molar-refractivity contribution in [1.29, 1.82) is 0 Å². The molecule has 18 heavy (non-hydrogen) atoms. The van der Waals surface area contributed by atoms with Gasteiger partial charge in [-0.1, -0.05) is 17.7 Å². The van der Waals surface area contributed by atoms with Crippen molar-refractivity contribution in [3.8, 4) is 0 Å². The fourth-order valence-corrected chi connectivity index (χ4v) is 2.60. The van der Waals surface area contributed by atoms with Gasteiger partial charge in [0.2, 0.25) is 0 Å². The maximum atomic E-state index is 12.0. The van der Waals surface area contributed by atoms with Gasteiger partial charge in [-0.3, -0.25) is 4.18 Å². The van der Waals surface area contributed by atoms with Crippen LogP contribution < -0.4 is 0 Å². The maximum absolute atomic E-state index is 12.0. The minimum atomic E-state index is -3.68. The summed E-state index contributed by atoms with van der Waals surface area (Å²) < 4.78 is 29.3. The number of likely N-dealkylation sites (N-methyl/N-ethyl adjacent to an activating group) is 1. The molecule has 0 spiro atoms. The van der Waals surface area contributed by atoms with Crippen LogP contribution in [0.2, 0.25) is 0 Å². The fourth-order valence-electron chi connectivity index (χ4n) is 1.46. The number of nitrogens with zero attached hydrogens (tertiary/aromatic N) is 1. The Hall–Kier alpha value is -0.910. The summed E-state index contributed by atoms with van der Waals surface area (Å²) >= 11 is 0. The Balaban J connectivity index is 2.85. The van der Waals surface area contributed by atoms with Gasteiger partial charge < -0.3 is 4.90 Å². The average Bonchev–Trinajstić information content (AvgIpc) is 2.27. The molecule has 2 unspecified atom stereocenters. The normalized spacial score (nSPS) is 15.7. The molecule has 0 heterocycles. The first-order valence-electron chi connectivity index (χ1n) is 5.90. The van der Waals surface area contributed by atoms with Crippen LogP contribution in [0, 0.1) is 6.92 Å². The van der Waals surface area contributed by atoms with E-state index in [2.05, 4.69) is 0 Å². The van der Waals surface area contributed by atoms with Crippen molar-refractivity contribution in [3.63, 3.8) is 0 Å². The van der Waals surface area contributed by atoms with Crippen molar-refractivity contribution in [2.24, 2.45) is 0 Å². The second-order valence-electron chi connectivity index (χ2n) is 4.77. The van der Waals surface area contributed by atoms with Gasteiger partial charge in [0.15, 0.2) is 0 Å². The molecule has 0 aliphatic rings. The molecule has 0 saturated carbocycles. The first-order chi connectivity index (χ1) is 8.24. The van der Waals surface area contributed by atoms with Crippen LogP contribution in [0.4, 0.5) is 0 Å². The molecule has 4 nitrogen and oxygen atoms in total. The molecular weight excluding hydrogens is 250 g/mol. The van der Waals surface area contributed by atoms with Gasteiger partial charge in [0.1, 0.15) is 0 Å². The van der Waals surface area contributed by atoms with E-state index in [1.54, 1.807) is 31.2 Å². The van der Waals surface area contributed by atoms with E-state index in [9.17, 15) is 8.42 Å². The van der Waals surface area contributed by atoms with E-state index < -0.39 is 16.2 Å². The lowest BCUT2D eigenvalue weighted by Crippen LogP contribution is -2.37. The van der Waals surface area contributed by atoms with Crippen LogP contribution in [-0.2, 0) is 14.3 Å². The monoisotopic (exact) mass is 271 g/mol. The summed E-state index contributed by atoms with van der Waals surface area (Å²) in [6, 6.07) is 6.67. The molecule has 0 N–H and O–H groups in total. The van der Waals surface area contributed by atoms with Crippen molar-refractivity contribution in [3.05, 3.63) is 29.8 Å². The van der Waals surface area contributed by atoms with Crippen LogP contribution in [0.1, 0.15) is 19.4 Å².